The predicted octanol–water partition coefficient (Wildman–Crippen LogP) is 2.83. The van der Waals surface area contributed by atoms with Crippen molar-refractivity contribution in [2.24, 2.45) is 0 Å². The van der Waals surface area contributed by atoms with Crippen LogP contribution in [0.5, 0.6) is 0 Å². The van der Waals surface area contributed by atoms with Gasteiger partial charge in [-0.25, -0.2) is 8.78 Å². The molecule has 25 heavy (non-hydrogen) atoms. The SMILES string of the molecule is Cc1ccc(C(=O)NCCNC(=O)/C=C/c2ccc(F)cc2)cc1F. The van der Waals surface area contributed by atoms with Crippen LogP contribution in [0, 0.1) is 18.6 Å². The Kier molecular flexibility index (Phi) is 6.39. The zero-order valence-corrected chi connectivity index (χ0v) is 13.7. The van der Waals surface area contributed by atoms with Crippen molar-refractivity contribution in [3.05, 3.63) is 76.9 Å². The molecule has 2 N–H and O–H groups in total. The normalized spacial score (nSPS) is 10.7. The Morgan fingerprint density at radius 3 is 2.36 bits per heavy atom. The average molecular weight is 344 g/mol. The second kappa shape index (κ2) is 8.73. The van der Waals surface area contributed by atoms with Crippen LogP contribution in [0.15, 0.2) is 48.5 Å². The number of amides is 2. The lowest BCUT2D eigenvalue weighted by molar-refractivity contribution is -0.116. The van der Waals surface area contributed by atoms with Gasteiger partial charge in [0.25, 0.3) is 5.91 Å². The van der Waals surface area contributed by atoms with Gasteiger partial charge in [0.05, 0.1) is 0 Å². The van der Waals surface area contributed by atoms with Crippen LogP contribution in [-0.2, 0) is 4.79 Å². The molecule has 0 unspecified atom stereocenters. The number of nitrogens with one attached hydrogen (secondary N) is 2. The third-order valence-corrected chi connectivity index (χ3v) is 3.44. The molecule has 0 bridgehead atoms. The number of aryl methyl sites for hydroxylation is 1. The molecule has 0 saturated heterocycles. The Balaban J connectivity index is 1.73. The van der Waals surface area contributed by atoms with Crippen LogP contribution in [-0.4, -0.2) is 24.9 Å². The largest absolute Gasteiger partial charge is 0.351 e. The number of benzene rings is 2. The molecule has 2 aromatic carbocycles. The third kappa shape index (κ3) is 5.84. The summed E-state index contributed by atoms with van der Waals surface area (Å²) in [5, 5.41) is 5.20. The molecule has 2 rings (SSSR count). The van der Waals surface area contributed by atoms with E-state index in [1.54, 1.807) is 25.1 Å². The number of carbonyl (C=O) groups is 2. The first-order valence-electron chi connectivity index (χ1n) is 7.71. The molecule has 0 heterocycles. The van der Waals surface area contributed by atoms with Gasteiger partial charge in [0.2, 0.25) is 5.91 Å². The summed E-state index contributed by atoms with van der Waals surface area (Å²) in [6.07, 6.45) is 2.88. The highest BCUT2D eigenvalue weighted by Gasteiger charge is 2.07. The summed E-state index contributed by atoms with van der Waals surface area (Å²) < 4.78 is 26.2. The molecule has 130 valence electrons. The highest BCUT2D eigenvalue weighted by Crippen LogP contribution is 2.08. The van der Waals surface area contributed by atoms with Crippen LogP contribution in [0.1, 0.15) is 21.5 Å². The van der Waals surface area contributed by atoms with E-state index in [1.165, 1.54) is 36.4 Å². The number of hydrogen-bond donors (Lipinski definition) is 2. The lowest BCUT2D eigenvalue weighted by Crippen LogP contribution is -2.34. The van der Waals surface area contributed by atoms with Crippen LogP contribution in [0.4, 0.5) is 8.78 Å². The van der Waals surface area contributed by atoms with Crippen molar-refractivity contribution in [1.29, 1.82) is 0 Å². The lowest BCUT2D eigenvalue weighted by Gasteiger charge is -2.06. The van der Waals surface area contributed by atoms with Crippen molar-refractivity contribution >= 4 is 17.9 Å². The monoisotopic (exact) mass is 344 g/mol. The van der Waals surface area contributed by atoms with Crippen molar-refractivity contribution in [2.75, 3.05) is 13.1 Å². The second-order valence-electron chi connectivity index (χ2n) is 5.40. The van der Waals surface area contributed by atoms with Crippen molar-refractivity contribution in [2.45, 2.75) is 6.92 Å². The van der Waals surface area contributed by atoms with Gasteiger partial charge in [-0.05, 0) is 48.4 Å². The zero-order valence-electron chi connectivity index (χ0n) is 13.7. The quantitative estimate of drug-likeness (QED) is 0.625. The molecule has 4 nitrogen and oxygen atoms in total. The molecule has 0 saturated carbocycles. The van der Waals surface area contributed by atoms with E-state index in [2.05, 4.69) is 10.6 Å². The maximum absolute atomic E-state index is 13.4. The molecule has 0 aliphatic carbocycles. The van der Waals surface area contributed by atoms with Crippen molar-refractivity contribution in [1.82, 2.24) is 10.6 Å². The number of hydrogen-bond acceptors (Lipinski definition) is 2. The first-order valence-corrected chi connectivity index (χ1v) is 7.71. The van der Waals surface area contributed by atoms with Crippen molar-refractivity contribution in [3.63, 3.8) is 0 Å². The van der Waals surface area contributed by atoms with Crippen LogP contribution in [0.2, 0.25) is 0 Å². The Hall–Kier alpha value is -3.02. The summed E-state index contributed by atoms with van der Waals surface area (Å²) >= 11 is 0. The van der Waals surface area contributed by atoms with Gasteiger partial charge >= 0.3 is 0 Å². The van der Waals surface area contributed by atoms with Gasteiger partial charge < -0.3 is 10.6 Å². The topological polar surface area (TPSA) is 58.2 Å². The van der Waals surface area contributed by atoms with Gasteiger partial charge in [-0.2, -0.15) is 0 Å². The fourth-order valence-electron chi connectivity index (χ4n) is 2.00. The summed E-state index contributed by atoms with van der Waals surface area (Å²) in [7, 11) is 0. The van der Waals surface area contributed by atoms with E-state index in [1.807, 2.05) is 0 Å². The molecular formula is C19H18F2N2O2. The molecule has 0 fully saturated rings. The van der Waals surface area contributed by atoms with E-state index in [0.29, 0.717) is 11.1 Å². The first kappa shape index (κ1) is 18.3. The molecule has 0 spiro atoms. The van der Waals surface area contributed by atoms with E-state index in [-0.39, 0.29) is 30.4 Å². The second-order valence-corrected chi connectivity index (χ2v) is 5.40. The Morgan fingerprint density at radius 2 is 1.68 bits per heavy atom. The maximum Gasteiger partial charge on any atom is 0.251 e. The smallest absolute Gasteiger partial charge is 0.251 e. The van der Waals surface area contributed by atoms with E-state index in [0.717, 1.165) is 0 Å². The number of carbonyl (C=O) groups excluding carboxylic acids is 2. The van der Waals surface area contributed by atoms with Gasteiger partial charge in [0.15, 0.2) is 0 Å². The molecule has 2 amide bonds. The lowest BCUT2D eigenvalue weighted by atomic mass is 10.1. The van der Waals surface area contributed by atoms with Gasteiger partial charge in [0, 0.05) is 24.7 Å². The third-order valence-electron chi connectivity index (χ3n) is 3.44. The Labute approximate surface area is 144 Å². The average Bonchev–Trinajstić information content (AvgIpc) is 2.60. The summed E-state index contributed by atoms with van der Waals surface area (Å²) in [4.78, 5) is 23.5. The predicted molar refractivity (Wildman–Crippen MR) is 91.9 cm³/mol. The number of halogens is 2. The van der Waals surface area contributed by atoms with E-state index < -0.39 is 11.7 Å². The minimum absolute atomic E-state index is 0.213. The van der Waals surface area contributed by atoms with Gasteiger partial charge in [0.1, 0.15) is 11.6 Å². The molecular weight excluding hydrogens is 326 g/mol. The first-order chi connectivity index (χ1) is 12.0. The van der Waals surface area contributed by atoms with Crippen molar-refractivity contribution < 1.29 is 18.4 Å². The standard InChI is InChI=1S/C19H18F2N2O2/c1-13-2-6-15(12-17(13)21)19(25)23-11-10-22-18(24)9-5-14-3-7-16(20)8-4-14/h2-9,12H,10-11H2,1H3,(H,22,24)(H,23,25)/b9-5+. The minimum atomic E-state index is -0.438. The fourth-order valence-corrected chi connectivity index (χ4v) is 2.00. The fraction of sp³-hybridized carbons (Fsp3) is 0.158. The van der Waals surface area contributed by atoms with Crippen LogP contribution >= 0.6 is 0 Å². The maximum atomic E-state index is 13.4. The van der Waals surface area contributed by atoms with E-state index in [4.69, 9.17) is 0 Å². The molecule has 0 radical (unpaired) electrons. The van der Waals surface area contributed by atoms with Gasteiger partial charge in [-0.1, -0.05) is 18.2 Å². The summed E-state index contributed by atoms with van der Waals surface area (Å²) in [5.41, 5.74) is 1.40. The van der Waals surface area contributed by atoms with Gasteiger partial charge in [-0.15, -0.1) is 0 Å². The van der Waals surface area contributed by atoms with Crippen LogP contribution < -0.4 is 10.6 Å². The zero-order chi connectivity index (χ0) is 18.2. The summed E-state index contributed by atoms with van der Waals surface area (Å²) in [5.74, 6) is -1.52. The minimum Gasteiger partial charge on any atom is -0.351 e. The van der Waals surface area contributed by atoms with Crippen LogP contribution in [0.25, 0.3) is 6.08 Å². The Morgan fingerprint density at radius 1 is 1.00 bits per heavy atom. The highest BCUT2D eigenvalue weighted by atomic mass is 19.1. The molecule has 2 aromatic rings. The van der Waals surface area contributed by atoms with E-state index >= 15 is 0 Å². The van der Waals surface area contributed by atoms with Crippen LogP contribution in [0.3, 0.4) is 0 Å². The molecule has 6 heteroatoms. The molecule has 0 aliphatic heterocycles. The molecule has 0 aliphatic rings. The van der Waals surface area contributed by atoms with Gasteiger partial charge in [-0.3, -0.25) is 9.59 Å². The highest BCUT2D eigenvalue weighted by molar-refractivity contribution is 5.94. The van der Waals surface area contributed by atoms with E-state index in [9.17, 15) is 18.4 Å². The molecule has 0 atom stereocenters. The molecule has 0 aromatic heterocycles. The number of rotatable bonds is 6. The summed E-state index contributed by atoms with van der Waals surface area (Å²) in [6, 6.07) is 9.97. The Bertz CT molecular complexity index is 787. The summed E-state index contributed by atoms with van der Waals surface area (Å²) in [6.45, 7) is 2.06. The van der Waals surface area contributed by atoms with Crippen molar-refractivity contribution in [3.8, 4) is 0 Å².